The van der Waals surface area contributed by atoms with Crippen LogP contribution in [0.15, 0.2) is 0 Å². The van der Waals surface area contributed by atoms with Crippen LogP contribution in [0, 0.1) is 11.8 Å². The maximum absolute atomic E-state index is 11.8. The van der Waals surface area contributed by atoms with Crippen LogP contribution in [-0.2, 0) is 14.3 Å². The quantitative estimate of drug-likeness (QED) is 0.742. The summed E-state index contributed by atoms with van der Waals surface area (Å²) in [5, 5.41) is 0. The molecule has 1 saturated heterocycles. The Morgan fingerprint density at radius 2 is 2.06 bits per heavy atom. The van der Waals surface area contributed by atoms with Crippen LogP contribution in [0.5, 0.6) is 0 Å². The highest BCUT2D eigenvalue weighted by molar-refractivity contribution is 5.81. The van der Waals surface area contributed by atoms with Crippen LogP contribution in [-0.4, -0.2) is 24.8 Å². The second kappa shape index (κ2) is 4.84. The summed E-state index contributed by atoms with van der Waals surface area (Å²) < 4.78 is 11.1. The molecule has 16 heavy (non-hydrogen) atoms. The summed E-state index contributed by atoms with van der Waals surface area (Å²) in [4.78, 5) is 11.8. The lowest BCUT2D eigenvalue weighted by Crippen LogP contribution is -2.31. The summed E-state index contributed by atoms with van der Waals surface area (Å²) in [6.07, 6.45) is 4.79. The summed E-state index contributed by atoms with van der Waals surface area (Å²) in [5.74, 6) is 0.780. The van der Waals surface area contributed by atoms with E-state index in [1.165, 1.54) is 6.42 Å². The molecule has 0 aromatic carbocycles. The number of ketones is 1. The Labute approximate surface area is 97.5 Å². The Morgan fingerprint density at radius 1 is 1.38 bits per heavy atom. The Bertz CT molecular complexity index is 256. The van der Waals surface area contributed by atoms with Crippen molar-refractivity contribution in [1.82, 2.24) is 0 Å². The molecule has 2 unspecified atom stereocenters. The second-order valence-electron chi connectivity index (χ2n) is 5.31. The molecule has 1 saturated carbocycles. The van der Waals surface area contributed by atoms with Gasteiger partial charge in [0.25, 0.3) is 0 Å². The molecule has 0 N–H and O–H groups in total. The second-order valence-corrected chi connectivity index (χ2v) is 5.31. The zero-order chi connectivity index (χ0) is 11.6. The molecule has 1 heterocycles. The highest BCUT2D eigenvalue weighted by atomic mass is 16.7. The van der Waals surface area contributed by atoms with Crippen molar-refractivity contribution in [3.8, 4) is 0 Å². The van der Waals surface area contributed by atoms with E-state index in [0.717, 1.165) is 25.7 Å². The molecule has 92 valence electrons. The largest absolute Gasteiger partial charge is 0.348 e. The Morgan fingerprint density at radius 3 is 2.69 bits per heavy atom. The van der Waals surface area contributed by atoms with Gasteiger partial charge in [0, 0.05) is 18.8 Å². The number of ether oxygens (including phenoxy) is 2. The van der Waals surface area contributed by atoms with Crippen LogP contribution in [0.1, 0.15) is 46.0 Å². The first-order chi connectivity index (χ1) is 7.61. The average molecular weight is 226 g/mol. The number of carbonyl (C=O) groups excluding carboxylic acids is 1. The smallest absolute Gasteiger partial charge is 0.165 e. The van der Waals surface area contributed by atoms with E-state index in [4.69, 9.17) is 9.47 Å². The maximum Gasteiger partial charge on any atom is 0.165 e. The van der Waals surface area contributed by atoms with Gasteiger partial charge in [-0.1, -0.05) is 6.92 Å². The van der Waals surface area contributed by atoms with Gasteiger partial charge >= 0.3 is 0 Å². The molecule has 3 heteroatoms. The Balaban J connectivity index is 1.86. The predicted molar refractivity (Wildman–Crippen MR) is 61.1 cm³/mol. The van der Waals surface area contributed by atoms with E-state index >= 15 is 0 Å². The lowest BCUT2D eigenvalue weighted by molar-refractivity contribution is -0.152. The van der Waals surface area contributed by atoms with Crippen molar-refractivity contribution in [2.45, 2.75) is 51.7 Å². The van der Waals surface area contributed by atoms with Crippen molar-refractivity contribution in [3.63, 3.8) is 0 Å². The summed E-state index contributed by atoms with van der Waals surface area (Å²) in [7, 11) is 0. The number of carbonyl (C=O) groups is 1. The third-order valence-corrected chi connectivity index (χ3v) is 3.99. The van der Waals surface area contributed by atoms with Crippen LogP contribution in [0.2, 0.25) is 0 Å². The third-order valence-electron chi connectivity index (χ3n) is 3.99. The van der Waals surface area contributed by atoms with E-state index in [1.54, 1.807) is 0 Å². The first-order valence-corrected chi connectivity index (χ1v) is 6.41. The molecular formula is C13H22O3. The summed E-state index contributed by atoms with van der Waals surface area (Å²) >= 11 is 0. The van der Waals surface area contributed by atoms with E-state index < -0.39 is 5.79 Å². The average Bonchev–Trinajstić information content (AvgIpc) is 2.65. The molecule has 0 aromatic rings. The SMILES string of the molecule is CC1CCCC(=O)C1CCC1(C)OCCO1. The summed E-state index contributed by atoms with van der Waals surface area (Å²) in [5.41, 5.74) is 0. The van der Waals surface area contributed by atoms with E-state index in [9.17, 15) is 4.79 Å². The fraction of sp³-hybridized carbons (Fsp3) is 0.923. The van der Waals surface area contributed by atoms with Crippen molar-refractivity contribution < 1.29 is 14.3 Å². The van der Waals surface area contributed by atoms with Gasteiger partial charge in [-0.15, -0.1) is 0 Å². The molecule has 2 atom stereocenters. The van der Waals surface area contributed by atoms with Crippen molar-refractivity contribution in [1.29, 1.82) is 0 Å². The van der Waals surface area contributed by atoms with Crippen molar-refractivity contribution in [3.05, 3.63) is 0 Å². The topological polar surface area (TPSA) is 35.5 Å². The van der Waals surface area contributed by atoms with Crippen LogP contribution >= 0.6 is 0 Å². The molecule has 0 aromatic heterocycles. The molecule has 0 radical (unpaired) electrons. The highest BCUT2D eigenvalue weighted by Crippen LogP contribution is 2.34. The van der Waals surface area contributed by atoms with Crippen molar-refractivity contribution in [2.24, 2.45) is 11.8 Å². The molecule has 2 aliphatic rings. The van der Waals surface area contributed by atoms with Crippen molar-refractivity contribution >= 4 is 5.78 Å². The molecule has 0 bridgehead atoms. The molecule has 1 aliphatic carbocycles. The van der Waals surface area contributed by atoms with Gasteiger partial charge in [-0.25, -0.2) is 0 Å². The van der Waals surface area contributed by atoms with E-state index in [1.807, 2.05) is 6.92 Å². The lowest BCUT2D eigenvalue weighted by atomic mass is 9.76. The third kappa shape index (κ3) is 2.64. The number of hydrogen-bond donors (Lipinski definition) is 0. The van der Waals surface area contributed by atoms with Gasteiger partial charge in [0.15, 0.2) is 5.79 Å². The maximum atomic E-state index is 11.8. The van der Waals surface area contributed by atoms with Crippen LogP contribution in [0.3, 0.4) is 0 Å². The Hall–Kier alpha value is -0.410. The monoisotopic (exact) mass is 226 g/mol. The fourth-order valence-corrected chi connectivity index (χ4v) is 2.87. The van der Waals surface area contributed by atoms with E-state index in [2.05, 4.69) is 6.92 Å². The minimum absolute atomic E-state index is 0.235. The minimum atomic E-state index is -0.433. The molecule has 3 nitrogen and oxygen atoms in total. The molecule has 0 amide bonds. The minimum Gasteiger partial charge on any atom is -0.348 e. The van der Waals surface area contributed by atoms with Gasteiger partial charge in [-0.2, -0.15) is 0 Å². The van der Waals surface area contributed by atoms with Gasteiger partial charge in [0.05, 0.1) is 13.2 Å². The van der Waals surface area contributed by atoms with Gasteiger partial charge in [-0.05, 0) is 32.1 Å². The van der Waals surface area contributed by atoms with Gasteiger partial charge in [-0.3, -0.25) is 4.79 Å². The molecule has 1 aliphatic heterocycles. The number of rotatable bonds is 3. The number of hydrogen-bond acceptors (Lipinski definition) is 3. The molecule has 2 rings (SSSR count). The molecule has 2 fully saturated rings. The van der Waals surface area contributed by atoms with Gasteiger partial charge in [0.2, 0.25) is 0 Å². The first kappa shape index (κ1) is 12.1. The zero-order valence-corrected chi connectivity index (χ0v) is 10.3. The summed E-state index contributed by atoms with van der Waals surface area (Å²) in [6.45, 7) is 5.55. The predicted octanol–water partition coefficient (Wildman–Crippen LogP) is 2.53. The van der Waals surface area contributed by atoms with Gasteiger partial charge in [0.1, 0.15) is 5.78 Å². The van der Waals surface area contributed by atoms with E-state index in [-0.39, 0.29) is 5.92 Å². The van der Waals surface area contributed by atoms with Crippen LogP contribution in [0.25, 0.3) is 0 Å². The highest BCUT2D eigenvalue weighted by Gasteiger charge is 2.35. The molecular weight excluding hydrogens is 204 g/mol. The lowest BCUT2D eigenvalue weighted by Gasteiger charge is -2.30. The zero-order valence-electron chi connectivity index (χ0n) is 10.3. The van der Waals surface area contributed by atoms with Gasteiger partial charge < -0.3 is 9.47 Å². The standard InChI is InChI=1S/C13H22O3/c1-10-4-3-5-12(14)11(10)6-7-13(2)15-8-9-16-13/h10-11H,3-9H2,1-2H3. The normalized spacial score (nSPS) is 34.2. The van der Waals surface area contributed by atoms with Crippen LogP contribution in [0.4, 0.5) is 0 Å². The number of Topliss-reactive ketones (excluding diaryl/α,β-unsaturated/α-hetero) is 1. The Kier molecular flexibility index (Phi) is 3.65. The summed E-state index contributed by atoms with van der Waals surface area (Å²) in [6, 6.07) is 0. The van der Waals surface area contributed by atoms with E-state index in [0.29, 0.717) is 24.9 Å². The fourth-order valence-electron chi connectivity index (χ4n) is 2.87. The van der Waals surface area contributed by atoms with Crippen molar-refractivity contribution in [2.75, 3.05) is 13.2 Å². The van der Waals surface area contributed by atoms with Crippen LogP contribution < -0.4 is 0 Å². The first-order valence-electron chi connectivity index (χ1n) is 6.41. The molecule has 0 spiro atoms.